The quantitative estimate of drug-likeness (QED) is 0.799. The van der Waals surface area contributed by atoms with E-state index in [1.165, 1.54) is 19.3 Å². The second-order valence-electron chi connectivity index (χ2n) is 5.16. The molecule has 2 rings (SSSR count). The van der Waals surface area contributed by atoms with Crippen molar-refractivity contribution >= 4 is 5.82 Å². The Morgan fingerprint density at radius 1 is 1.42 bits per heavy atom. The van der Waals surface area contributed by atoms with Gasteiger partial charge >= 0.3 is 0 Å². The van der Waals surface area contributed by atoms with Crippen molar-refractivity contribution in [1.82, 2.24) is 10.3 Å². The van der Waals surface area contributed by atoms with E-state index in [0.717, 1.165) is 43.7 Å². The highest BCUT2D eigenvalue weighted by Gasteiger charge is 2.21. The zero-order valence-electron chi connectivity index (χ0n) is 12.1. The van der Waals surface area contributed by atoms with Crippen molar-refractivity contribution in [1.29, 1.82) is 0 Å². The van der Waals surface area contributed by atoms with E-state index < -0.39 is 0 Å². The first kappa shape index (κ1) is 14.1. The maximum atomic E-state index is 5.39. The summed E-state index contributed by atoms with van der Waals surface area (Å²) in [7, 11) is 1.71. The molecule has 0 saturated carbocycles. The summed E-state index contributed by atoms with van der Waals surface area (Å²) in [5.74, 6) is 2.67. The van der Waals surface area contributed by atoms with Gasteiger partial charge in [0.1, 0.15) is 0 Å². The molecule has 1 aromatic rings. The van der Waals surface area contributed by atoms with Gasteiger partial charge in [0.05, 0.1) is 7.11 Å². The smallest absolute Gasteiger partial charge is 0.171 e. The molecule has 0 unspecified atom stereocenters. The van der Waals surface area contributed by atoms with Crippen LogP contribution >= 0.6 is 0 Å². The molecule has 0 atom stereocenters. The van der Waals surface area contributed by atoms with Gasteiger partial charge in [-0.3, -0.25) is 0 Å². The van der Waals surface area contributed by atoms with Crippen molar-refractivity contribution in [3.8, 4) is 5.75 Å². The molecule has 1 aliphatic rings. The predicted octanol–water partition coefficient (Wildman–Crippen LogP) is 2.31. The Kier molecular flexibility index (Phi) is 5.45. The highest BCUT2D eigenvalue weighted by Crippen LogP contribution is 2.28. The molecule has 4 heteroatoms. The monoisotopic (exact) mass is 263 g/mol. The number of hydrogen-bond donors (Lipinski definition) is 1. The molecule has 4 nitrogen and oxygen atoms in total. The summed E-state index contributed by atoms with van der Waals surface area (Å²) in [6.07, 6.45) is 5.52. The largest absolute Gasteiger partial charge is 0.493 e. The average molecular weight is 263 g/mol. The van der Waals surface area contributed by atoms with Gasteiger partial charge in [-0.25, -0.2) is 4.98 Å². The summed E-state index contributed by atoms with van der Waals surface area (Å²) in [5.41, 5.74) is 0. The molecule has 1 fully saturated rings. The number of piperidine rings is 1. The van der Waals surface area contributed by atoms with Crippen molar-refractivity contribution in [3.05, 3.63) is 18.3 Å². The fraction of sp³-hybridized carbons (Fsp3) is 0.667. The van der Waals surface area contributed by atoms with Crippen molar-refractivity contribution in [2.75, 3.05) is 38.2 Å². The number of anilines is 1. The molecule has 19 heavy (non-hydrogen) atoms. The Hall–Kier alpha value is -1.29. The number of pyridine rings is 1. The number of hydrogen-bond acceptors (Lipinski definition) is 4. The lowest BCUT2D eigenvalue weighted by Crippen LogP contribution is -2.38. The van der Waals surface area contributed by atoms with Gasteiger partial charge in [0.15, 0.2) is 11.6 Å². The summed E-state index contributed by atoms with van der Waals surface area (Å²) < 4.78 is 5.39. The molecule has 0 aliphatic carbocycles. The first-order valence-electron chi connectivity index (χ1n) is 7.29. The van der Waals surface area contributed by atoms with Crippen molar-refractivity contribution in [3.63, 3.8) is 0 Å². The Morgan fingerprint density at radius 3 is 2.89 bits per heavy atom. The minimum atomic E-state index is 0.803. The Bertz CT molecular complexity index is 375. The third-order valence-corrected chi connectivity index (χ3v) is 3.74. The number of rotatable bonds is 6. The number of methoxy groups -OCH3 is 1. The van der Waals surface area contributed by atoms with Gasteiger partial charge in [-0.2, -0.15) is 0 Å². The second-order valence-corrected chi connectivity index (χ2v) is 5.16. The standard InChI is InChI=1S/C15H25N3O/c1-3-8-16-12-13-6-10-18(11-7-13)15-14(19-2)5-4-9-17-15/h4-5,9,13,16H,3,6-8,10-12H2,1-2H3. The van der Waals surface area contributed by atoms with Crippen LogP contribution in [0.5, 0.6) is 5.75 Å². The summed E-state index contributed by atoms with van der Waals surface area (Å²) in [6, 6.07) is 3.90. The van der Waals surface area contributed by atoms with Crippen LogP contribution < -0.4 is 15.0 Å². The summed E-state index contributed by atoms with van der Waals surface area (Å²) in [6.45, 7) is 6.65. The van der Waals surface area contributed by atoms with Crippen LogP contribution in [0.4, 0.5) is 5.82 Å². The third kappa shape index (κ3) is 3.83. The molecule has 0 radical (unpaired) electrons. The maximum absolute atomic E-state index is 5.39. The van der Waals surface area contributed by atoms with E-state index in [-0.39, 0.29) is 0 Å². The highest BCUT2D eigenvalue weighted by molar-refractivity contribution is 5.52. The molecule has 0 amide bonds. The molecule has 1 saturated heterocycles. The van der Waals surface area contributed by atoms with Gasteiger partial charge in [-0.15, -0.1) is 0 Å². The van der Waals surface area contributed by atoms with Crippen LogP contribution in [0.15, 0.2) is 18.3 Å². The van der Waals surface area contributed by atoms with Crippen LogP contribution in [0.25, 0.3) is 0 Å². The van der Waals surface area contributed by atoms with Gasteiger partial charge in [0.25, 0.3) is 0 Å². The van der Waals surface area contributed by atoms with Crippen LogP contribution in [-0.2, 0) is 0 Å². The number of ether oxygens (including phenoxy) is 1. The summed E-state index contributed by atoms with van der Waals surface area (Å²) in [4.78, 5) is 6.80. The highest BCUT2D eigenvalue weighted by atomic mass is 16.5. The molecule has 0 bridgehead atoms. The fourth-order valence-electron chi connectivity index (χ4n) is 2.61. The molecule has 1 N–H and O–H groups in total. The molecule has 0 spiro atoms. The fourth-order valence-corrected chi connectivity index (χ4v) is 2.61. The first-order chi connectivity index (χ1) is 9.35. The minimum absolute atomic E-state index is 0.803. The normalized spacial score (nSPS) is 16.6. The average Bonchev–Trinajstić information content (AvgIpc) is 2.48. The van der Waals surface area contributed by atoms with E-state index >= 15 is 0 Å². The van der Waals surface area contributed by atoms with E-state index in [0.29, 0.717) is 0 Å². The van der Waals surface area contributed by atoms with Gasteiger partial charge < -0.3 is 15.0 Å². The van der Waals surface area contributed by atoms with Crippen LogP contribution in [0.3, 0.4) is 0 Å². The second kappa shape index (κ2) is 7.34. The van der Waals surface area contributed by atoms with Crippen LogP contribution in [-0.4, -0.2) is 38.3 Å². The summed E-state index contributed by atoms with van der Waals surface area (Å²) in [5, 5.41) is 3.52. The minimum Gasteiger partial charge on any atom is -0.493 e. The number of nitrogens with one attached hydrogen (secondary N) is 1. The Balaban J connectivity index is 1.85. The van der Waals surface area contributed by atoms with Crippen molar-refractivity contribution in [2.45, 2.75) is 26.2 Å². The van der Waals surface area contributed by atoms with Gasteiger partial charge in [0, 0.05) is 19.3 Å². The predicted molar refractivity (Wildman–Crippen MR) is 78.9 cm³/mol. The molecule has 1 aromatic heterocycles. The third-order valence-electron chi connectivity index (χ3n) is 3.74. The van der Waals surface area contributed by atoms with Gasteiger partial charge in [-0.1, -0.05) is 6.92 Å². The lowest BCUT2D eigenvalue weighted by Gasteiger charge is -2.33. The van der Waals surface area contributed by atoms with Crippen LogP contribution in [0.1, 0.15) is 26.2 Å². The van der Waals surface area contributed by atoms with Crippen LogP contribution in [0.2, 0.25) is 0 Å². The maximum Gasteiger partial charge on any atom is 0.171 e. The van der Waals surface area contributed by atoms with E-state index in [1.807, 2.05) is 18.3 Å². The molecule has 2 heterocycles. The lowest BCUT2D eigenvalue weighted by atomic mass is 9.96. The van der Waals surface area contributed by atoms with Crippen molar-refractivity contribution < 1.29 is 4.74 Å². The zero-order chi connectivity index (χ0) is 13.5. The number of nitrogens with zero attached hydrogens (tertiary/aromatic N) is 2. The van der Waals surface area contributed by atoms with E-state index in [2.05, 4.69) is 22.1 Å². The van der Waals surface area contributed by atoms with E-state index in [4.69, 9.17) is 4.74 Å². The van der Waals surface area contributed by atoms with Crippen LogP contribution in [0, 0.1) is 5.92 Å². The van der Waals surface area contributed by atoms with E-state index in [9.17, 15) is 0 Å². The Labute approximate surface area is 116 Å². The molecular weight excluding hydrogens is 238 g/mol. The van der Waals surface area contributed by atoms with Gasteiger partial charge in [0.2, 0.25) is 0 Å². The Morgan fingerprint density at radius 2 is 2.21 bits per heavy atom. The lowest BCUT2D eigenvalue weighted by molar-refractivity contribution is 0.374. The van der Waals surface area contributed by atoms with Crippen molar-refractivity contribution in [2.24, 2.45) is 5.92 Å². The molecule has 1 aliphatic heterocycles. The zero-order valence-corrected chi connectivity index (χ0v) is 12.1. The van der Waals surface area contributed by atoms with Gasteiger partial charge in [-0.05, 0) is 50.4 Å². The first-order valence-corrected chi connectivity index (χ1v) is 7.29. The topological polar surface area (TPSA) is 37.4 Å². The van der Waals surface area contributed by atoms with E-state index in [1.54, 1.807) is 7.11 Å². The summed E-state index contributed by atoms with van der Waals surface area (Å²) >= 11 is 0. The molecular formula is C15H25N3O. The number of aromatic nitrogens is 1. The molecule has 0 aromatic carbocycles. The SMILES string of the molecule is CCCNCC1CCN(c2ncccc2OC)CC1. The molecule has 106 valence electrons.